The van der Waals surface area contributed by atoms with E-state index in [2.05, 4.69) is 172 Å². The SMILES string of the molecule is CC(C)C(C)C.CC(C)c1ccc(S(C)(=O)=O)cc1.CCC(C)(C)c1ccc(O)c(C(C)C)c1.CSc1cccc(C(C)C)c1.Cc1ccc(C(C)C)cc1. The van der Waals surface area contributed by atoms with Crippen LogP contribution in [-0.2, 0) is 15.3 Å². The number of phenols is 1. The van der Waals surface area contributed by atoms with Gasteiger partial charge in [0.05, 0.1) is 4.90 Å². The predicted molar refractivity (Wildman–Crippen MR) is 246 cm³/mol. The molecule has 0 atom stereocenters. The summed E-state index contributed by atoms with van der Waals surface area (Å²) in [6.07, 6.45) is 4.44. The fourth-order valence-corrected chi connectivity index (χ4v) is 5.79. The summed E-state index contributed by atoms with van der Waals surface area (Å²) in [4.78, 5) is 1.74. The van der Waals surface area contributed by atoms with Crippen LogP contribution in [0, 0.1) is 18.8 Å². The summed E-state index contributed by atoms with van der Waals surface area (Å²) < 4.78 is 22.2. The molecular formula is C50H78O3S2. The third kappa shape index (κ3) is 20.6. The normalized spacial score (nSPS) is 11.3. The first-order chi connectivity index (χ1) is 25.4. The van der Waals surface area contributed by atoms with Crippen molar-refractivity contribution >= 4 is 21.6 Å². The lowest BCUT2D eigenvalue weighted by Gasteiger charge is -2.24. The van der Waals surface area contributed by atoms with E-state index in [-0.39, 0.29) is 5.41 Å². The highest BCUT2D eigenvalue weighted by Crippen LogP contribution is 2.33. The van der Waals surface area contributed by atoms with Gasteiger partial charge in [0.1, 0.15) is 5.75 Å². The molecule has 0 saturated heterocycles. The quantitative estimate of drug-likeness (QED) is 0.172. The van der Waals surface area contributed by atoms with Crippen molar-refractivity contribution in [3.63, 3.8) is 0 Å². The van der Waals surface area contributed by atoms with Gasteiger partial charge < -0.3 is 5.11 Å². The van der Waals surface area contributed by atoms with Crippen LogP contribution < -0.4 is 0 Å². The van der Waals surface area contributed by atoms with E-state index in [1.54, 1.807) is 23.9 Å². The molecule has 0 aromatic heterocycles. The molecule has 0 amide bonds. The van der Waals surface area contributed by atoms with Crippen LogP contribution in [0.3, 0.4) is 0 Å². The first-order valence-electron chi connectivity index (χ1n) is 20.2. The number of aryl methyl sites for hydroxylation is 1. The first kappa shape index (κ1) is 52.0. The largest absolute Gasteiger partial charge is 0.508 e. The Bertz CT molecular complexity index is 1720. The van der Waals surface area contributed by atoms with Gasteiger partial charge in [0.15, 0.2) is 9.84 Å². The highest BCUT2D eigenvalue weighted by Gasteiger charge is 2.19. The van der Waals surface area contributed by atoms with E-state index in [1.165, 1.54) is 33.4 Å². The second-order valence-corrected chi connectivity index (χ2v) is 20.0. The summed E-state index contributed by atoms with van der Waals surface area (Å²) in [6, 6.07) is 30.5. The molecule has 0 spiro atoms. The van der Waals surface area contributed by atoms with E-state index in [4.69, 9.17) is 0 Å². The van der Waals surface area contributed by atoms with Crippen molar-refractivity contribution in [2.75, 3.05) is 12.5 Å². The maximum Gasteiger partial charge on any atom is 0.175 e. The lowest BCUT2D eigenvalue weighted by molar-refractivity contribution is 0.457. The molecule has 0 unspecified atom stereocenters. The molecule has 0 radical (unpaired) electrons. The van der Waals surface area contributed by atoms with Crippen LogP contribution in [0.25, 0.3) is 0 Å². The lowest BCUT2D eigenvalue weighted by atomic mass is 9.81. The number of phenolic OH excluding ortho intramolecular Hbond substituents is 1. The molecule has 308 valence electrons. The van der Waals surface area contributed by atoms with Gasteiger partial charge in [-0.15, -0.1) is 11.8 Å². The lowest BCUT2D eigenvalue weighted by Crippen LogP contribution is -2.15. The summed E-state index contributed by atoms with van der Waals surface area (Å²) in [7, 11) is -3.05. The van der Waals surface area contributed by atoms with E-state index in [0.29, 0.717) is 34.3 Å². The van der Waals surface area contributed by atoms with Crippen LogP contribution in [-0.4, -0.2) is 26.0 Å². The molecule has 0 aliphatic carbocycles. The minimum atomic E-state index is -3.05. The molecule has 0 aliphatic heterocycles. The van der Waals surface area contributed by atoms with Crippen molar-refractivity contribution in [2.24, 2.45) is 11.8 Å². The Labute approximate surface area is 344 Å². The molecule has 4 aromatic carbocycles. The maximum absolute atomic E-state index is 11.1. The number of thioether (sulfide) groups is 1. The molecule has 0 heterocycles. The summed E-state index contributed by atoms with van der Waals surface area (Å²) in [5, 5.41) is 9.74. The molecule has 0 bridgehead atoms. The summed E-state index contributed by atoms with van der Waals surface area (Å²) in [5.74, 6) is 4.23. The fourth-order valence-electron chi connectivity index (χ4n) is 4.69. The summed E-state index contributed by atoms with van der Waals surface area (Å²) in [6.45, 7) is 35.0. The topological polar surface area (TPSA) is 54.4 Å². The Kier molecular flexibility index (Phi) is 23.9. The van der Waals surface area contributed by atoms with Crippen molar-refractivity contribution in [1.29, 1.82) is 0 Å². The van der Waals surface area contributed by atoms with E-state index >= 15 is 0 Å². The maximum atomic E-state index is 11.1. The van der Waals surface area contributed by atoms with Crippen LogP contribution in [0.2, 0.25) is 0 Å². The fraction of sp³-hybridized carbons (Fsp3) is 0.520. The molecule has 1 N–H and O–H groups in total. The predicted octanol–water partition coefficient (Wildman–Crippen LogP) is 15.4. The van der Waals surface area contributed by atoms with Gasteiger partial charge in [-0.1, -0.05) is 170 Å². The third-order valence-corrected chi connectivity index (χ3v) is 12.0. The minimum absolute atomic E-state index is 0.192. The second kappa shape index (κ2) is 25.3. The highest BCUT2D eigenvalue weighted by atomic mass is 32.2. The molecule has 5 heteroatoms. The minimum Gasteiger partial charge on any atom is -0.508 e. The van der Waals surface area contributed by atoms with Crippen LogP contribution in [0.15, 0.2) is 101 Å². The van der Waals surface area contributed by atoms with Crippen molar-refractivity contribution in [3.8, 4) is 5.75 Å². The standard InChI is InChI=1S/C14H22O.C10H14O2S.C10H14S.C10H14.C6H14/c1-6-14(4,5)11-7-8-13(15)12(9-11)10(2)3;1-8(2)9-4-6-10(7-5-9)13(3,11)12;1-8(2)9-5-4-6-10(7-9)11-3;1-8(2)10-6-4-9(3)5-7-10;1-5(2)6(3)4/h7-10,15H,6H2,1-5H3;4-8H,1-3H3;4-8H,1-3H3;4-8H,1-3H3;5-6H,1-4H3. The van der Waals surface area contributed by atoms with Crippen LogP contribution in [0.5, 0.6) is 5.75 Å². The van der Waals surface area contributed by atoms with E-state index in [1.807, 2.05) is 24.3 Å². The van der Waals surface area contributed by atoms with Gasteiger partial charge in [-0.3, -0.25) is 0 Å². The Hall–Kier alpha value is -3.02. The van der Waals surface area contributed by atoms with Crippen molar-refractivity contribution in [1.82, 2.24) is 0 Å². The Balaban J connectivity index is 0.000000680. The molecule has 0 fully saturated rings. The zero-order chi connectivity index (χ0) is 42.7. The molecule has 55 heavy (non-hydrogen) atoms. The molecule has 0 aliphatic rings. The monoisotopic (exact) mass is 791 g/mol. The van der Waals surface area contributed by atoms with Gasteiger partial charge in [0, 0.05) is 11.2 Å². The zero-order valence-corrected chi connectivity index (χ0v) is 39.5. The zero-order valence-electron chi connectivity index (χ0n) is 37.9. The smallest absolute Gasteiger partial charge is 0.175 e. The molecule has 0 saturated carbocycles. The van der Waals surface area contributed by atoms with Gasteiger partial charge >= 0.3 is 0 Å². The van der Waals surface area contributed by atoms with Crippen molar-refractivity contribution in [3.05, 3.63) is 124 Å². The van der Waals surface area contributed by atoms with Crippen LogP contribution >= 0.6 is 11.8 Å². The van der Waals surface area contributed by atoms with Gasteiger partial charge in [-0.25, -0.2) is 8.42 Å². The first-order valence-corrected chi connectivity index (χ1v) is 23.3. The Morgan fingerprint density at radius 3 is 1.44 bits per heavy atom. The molecule has 4 rings (SSSR count). The molecule has 3 nitrogen and oxygen atoms in total. The Morgan fingerprint density at radius 2 is 1.07 bits per heavy atom. The van der Waals surface area contributed by atoms with E-state index < -0.39 is 9.84 Å². The van der Waals surface area contributed by atoms with E-state index in [9.17, 15) is 13.5 Å². The Morgan fingerprint density at radius 1 is 0.618 bits per heavy atom. The molecular weight excluding hydrogens is 713 g/mol. The van der Waals surface area contributed by atoms with Gasteiger partial charge in [0.2, 0.25) is 0 Å². The highest BCUT2D eigenvalue weighted by molar-refractivity contribution is 7.98. The van der Waals surface area contributed by atoms with Crippen LogP contribution in [0.4, 0.5) is 0 Å². The number of aromatic hydroxyl groups is 1. The number of hydrogen-bond donors (Lipinski definition) is 1. The summed E-state index contributed by atoms with van der Waals surface area (Å²) >= 11 is 1.80. The van der Waals surface area contributed by atoms with E-state index in [0.717, 1.165) is 29.4 Å². The third-order valence-electron chi connectivity index (χ3n) is 10.1. The number of hydrogen-bond acceptors (Lipinski definition) is 4. The molecule has 4 aromatic rings. The van der Waals surface area contributed by atoms with Crippen molar-refractivity contribution < 1.29 is 13.5 Å². The number of sulfone groups is 1. The average Bonchev–Trinajstić information content (AvgIpc) is 3.12. The summed E-state index contributed by atoms with van der Waals surface area (Å²) in [5.41, 5.74) is 7.90. The number of rotatable bonds is 9. The average molecular weight is 791 g/mol. The van der Waals surface area contributed by atoms with Gasteiger partial charge in [-0.05, 0) is 119 Å². The van der Waals surface area contributed by atoms with Crippen LogP contribution in [0.1, 0.15) is 167 Å². The number of benzene rings is 4. The second-order valence-electron chi connectivity index (χ2n) is 17.1. The van der Waals surface area contributed by atoms with Gasteiger partial charge in [-0.2, -0.15) is 0 Å². The van der Waals surface area contributed by atoms with Crippen molar-refractivity contribution in [2.45, 2.75) is 156 Å². The van der Waals surface area contributed by atoms with Gasteiger partial charge in [0.25, 0.3) is 0 Å².